The Bertz CT molecular complexity index is 848. The summed E-state index contributed by atoms with van der Waals surface area (Å²) >= 11 is 5.68. The van der Waals surface area contributed by atoms with Gasteiger partial charge in [-0.2, -0.15) is 0 Å². The van der Waals surface area contributed by atoms with Gasteiger partial charge in [-0.25, -0.2) is 9.18 Å². The smallest absolute Gasteiger partial charge is 0.308 e. The fourth-order valence-electron chi connectivity index (χ4n) is 2.06. The second-order valence-corrected chi connectivity index (χ2v) is 5.00. The molecule has 0 unspecified atom stereocenters. The van der Waals surface area contributed by atoms with E-state index in [4.69, 9.17) is 11.6 Å². The highest BCUT2D eigenvalue weighted by Crippen LogP contribution is 2.22. The molecule has 0 saturated carbocycles. The number of carbonyl (C=O) groups is 1. The van der Waals surface area contributed by atoms with E-state index in [-0.39, 0.29) is 5.02 Å². The maximum absolute atomic E-state index is 13.1. The van der Waals surface area contributed by atoms with Crippen LogP contribution in [0.1, 0.15) is 0 Å². The van der Waals surface area contributed by atoms with Crippen LogP contribution in [-0.4, -0.2) is 11.0 Å². The van der Waals surface area contributed by atoms with E-state index >= 15 is 0 Å². The van der Waals surface area contributed by atoms with Crippen molar-refractivity contribution in [3.05, 3.63) is 65.6 Å². The number of nitrogens with zero attached hydrogens (tertiary/aromatic N) is 1. The second kappa shape index (κ2) is 5.99. The molecule has 1 aromatic heterocycles. The van der Waals surface area contributed by atoms with E-state index in [0.717, 1.165) is 5.39 Å². The van der Waals surface area contributed by atoms with E-state index in [1.54, 1.807) is 12.3 Å². The number of para-hydroxylation sites is 1. The molecule has 0 radical (unpaired) electrons. The highest BCUT2D eigenvalue weighted by molar-refractivity contribution is 6.31. The molecular formula is C16H11ClFN3O. The van der Waals surface area contributed by atoms with Gasteiger partial charge < -0.3 is 10.6 Å². The molecule has 3 rings (SSSR count). The Morgan fingerprint density at radius 1 is 1.09 bits per heavy atom. The van der Waals surface area contributed by atoms with E-state index in [0.29, 0.717) is 16.9 Å². The summed E-state index contributed by atoms with van der Waals surface area (Å²) in [5, 5.41) is 6.18. The number of hydrogen-bond acceptors (Lipinski definition) is 2. The number of urea groups is 1. The molecule has 0 saturated heterocycles. The molecule has 4 nitrogen and oxygen atoms in total. The van der Waals surface area contributed by atoms with Gasteiger partial charge in [0.2, 0.25) is 0 Å². The van der Waals surface area contributed by atoms with Crippen molar-refractivity contribution >= 4 is 39.9 Å². The summed E-state index contributed by atoms with van der Waals surface area (Å²) in [5.74, 6) is -0.536. The van der Waals surface area contributed by atoms with Gasteiger partial charge in [-0.1, -0.05) is 29.8 Å². The van der Waals surface area contributed by atoms with Crippen LogP contribution in [0.2, 0.25) is 5.02 Å². The summed E-state index contributed by atoms with van der Waals surface area (Å²) in [6, 6.07) is 12.7. The number of halogens is 2. The maximum Gasteiger partial charge on any atom is 0.323 e. The van der Waals surface area contributed by atoms with Crippen molar-refractivity contribution in [2.75, 3.05) is 10.6 Å². The Morgan fingerprint density at radius 2 is 1.91 bits per heavy atom. The fourth-order valence-corrected chi connectivity index (χ4v) is 2.24. The van der Waals surface area contributed by atoms with Crippen LogP contribution in [0, 0.1) is 5.82 Å². The topological polar surface area (TPSA) is 54.0 Å². The van der Waals surface area contributed by atoms with Gasteiger partial charge in [-0.15, -0.1) is 0 Å². The molecule has 110 valence electrons. The Balaban J connectivity index is 1.80. The molecule has 0 spiro atoms. The van der Waals surface area contributed by atoms with E-state index in [1.165, 1.54) is 18.2 Å². The van der Waals surface area contributed by atoms with Crippen molar-refractivity contribution < 1.29 is 9.18 Å². The summed E-state index contributed by atoms with van der Waals surface area (Å²) in [5.41, 5.74) is 1.68. The summed E-state index contributed by atoms with van der Waals surface area (Å²) in [6.45, 7) is 0. The minimum Gasteiger partial charge on any atom is -0.308 e. The average molecular weight is 316 g/mol. The zero-order chi connectivity index (χ0) is 15.5. The lowest BCUT2D eigenvalue weighted by molar-refractivity contribution is 0.262. The van der Waals surface area contributed by atoms with Crippen LogP contribution in [0.4, 0.5) is 20.6 Å². The lowest BCUT2D eigenvalue weighted by Crippen LogP contribution is -2.19. The highest BCUT2D eigenvalue weighted by Gasteiger charge is 2.08. The number of carbonyl (C=O) groups excluding carboxylic acids is 1. The Morgan fingerprint density at radius 3 is 2.73 bits per heavy atom. The fraction of sp³-hybridized carbons (Fsp3) is 0. The van der Waals surface area contributed by atoms with Crippen LogP contribution in [-0.2, 0) is 0 Å². The molecule has 2 N–H and O–H groups in total. The van der Waals surface area contributed by atoms with Gasteiger partial charge in [0.05, 0.1) is 16.2 Å². The van der Waals surface area contributed by atoms with Crippen LogP contribution in [0.15, 0.2) is 54.7 Å². The van der Waals surface area contributed by atoms with E-state index in [9.17, 15) is 9.18 Å². The van der Waals surface area contributed by atoms with Gasteiger partial charge >= 0.3 is 6.03 Å². The molecular weight excluding hydrogens is 305 g/mol. The minimum atomic E-state index is -0.536. The monoisotopic (exact) mass is 315 g/mol. The molecule has 0 atom stereocenters. The van der Waals surface area contributed by atoms with Crippen LogP contribution < -0.4 is 10.6 Å². The average Bonchev–Trinajstić information content (AvgIpc) is 2.51. The van der Waals surface area contributed by atoms with Crippen molar-refractivity contribution in [1.29, 1.82) is 0 Å². The maximum atomic E-state index is 13.1. The molecule has 3 aromatic rings. The number of rotatable bonds is 2. The first-order valence-electron chi connectivity index (χ1n) is 6.50. The number of fused-ring (bicyclic) bond motifs is 1. The largest absolute Gasteiger partial charge is 0.323 e. The van der Waals surface area contributed by atoms with E-state index in [1.807, 2.05) is 24.3 Å². The molecule has 0 aliphatic rings. The van der Waals surface area contributed by atoms with Crippen molar-refractivity contribution in [2.45, 2.75) is 0 Å². The SMILES string of the molecule is O=C(Nc1ccc(F)c(Cl)c1)Nc1cccc2cccnc12. The first kappa shape index (κ1) is 14.3. The minimum absolute atomic E-state index is 0.0513. The Hall–Kier alpha value is -2.66. The molecule has 22 heavy (non-hydrogen) atoms. The number of nitrogens with one attached hydrogen (secondary N) is 2. The lowest BCUT2D eigenvalue weighted by Gasteiger charge is -2.10. The van der Waals surface area contributed by atoms with E-state index in [2.05, 4.69) is 15.6 Å². The number of anilines is 2. The Kier molecular flexibility index (Phi) is 3.89. The summed E-state index contributed by atoms with van der Waals surface area (Å²) in [7, 11) is 0. The number of amides is 2. The van der Waals surface area contributed by atoms with Crippen molar-refractivity contribution in [1.82, 2.24) is 4.98 Å². The third kappa shape index (κ3) is 2.99. The normalized spacial score (nSPS) is 10.5. The first-order valence-corrected chi connectivity index (χ1v) is 6.88. The molecule has 2 amide bonds. The van der Waals surface area contributed by atoms with Crippen LogP contribution in [0.3, 0.4) is 0 Å². The molecule has 0 aliphatic carbocycles. The van der Waals surface area contributed by atoms with Gasteiger partial charge in [-0.05, 0) is 30.3 Å². The first-order chi connectivity index (χ1) is 10.6. The standard InChI is InChI=1S/C16H11ClFN3O/c17-12-9-11(6-7-13(12)18)20-16(22)21-14-5-1-3-10-4-2-8-19-15(10)14/h1-9H,(H2,20,21,22). The zero-order valence-electron chi connectivity index (χ0n) is 11.3. The summed E-state index contributed by atoms with van der Waals surface area (Å²) < 4.78 is 13.1. The highest BCUT2D eigenvalue weighted by atomic mass is 35.5. The van der Waals surface area contributed by atoms with Crippen molar-refractivity contribution in [3.63, 3.8) is 0 Å². The van der Waals surface area contributed by atoms with Gasteiger partial charge in [0.25, 0.3) is 0 Å². The van der Waals surface area contributed by atoms with Crippen molar-refractivity contribution in [3.8, 4) is 0 Å². The van der Waals surface area contributed by atoms with Crippen LogP contribution in [0.5, 0.6) is 0 Å². The van der Waals surface area contributed by atoms with Crippen LogP contribution >= 0.6 is 11.6 Å². The van der Waals surface area contributed by atoms with Crippen molar-refractivity contribution in [2.24, 2.45) is 0 Å². The quantitative estimate of drug-likeness (QED) is 0.722. The number of pyridine rings is 1. The summed E-state index contributed by atoms with van der Waals surface area (Å²) in [4.78, 5) is 16.3. The number of hydrogen-bond donors (Lipinski definition) is 2. The number of benzene rings is 2. The predicted octanol–water partition coefficient (Wildman–Crippen LogP) is 4.67. The molecule has 0 bridgehead atoms. The molecule has 6 heteroatoms. The predicted molar refractivity (Wildman–Crippen MR) is 85.8 cm³/mol. The third-order valence-electron chi connectivity index (χ3n) is 3.06. The lowest BCUT2D eigenvalue weighted by atomic mass is 10.2. The molecule has 0 aliphatic heterocycles. The van der Waals surface area contributed by atoms with E-state index < -0.39 is 11.8 Å². The zero-order valence-corrected chi connectivity index (χ0v) is 12.1. The van der Waals surface area contributed by atoms with Gasteiger partial charge in [-0.3, -0.25) is 4.98 Å². The molecule has 2 aromatic carbocycles. The van der Waals surface area contributed by atoms with Gasteiger partial charge in [0.1, 0.15) is 5.82 Å². The third-order valence-corrected chi connectivity index (χ3v) is 3.35. The molecule has 0 fully saturated rings. The second-order valence-electron chi connectivity index (χ2n) is 4.59. The number of aromatic nitrogens is 1. The Labute approximate surface area is 130 Å². The van der Waals surface area contributed by atoms with Gasteiger partial charge in [0, 0.05) is 17.3 Å². The molecule has 1 heterocycles. The van der Waals surface area contributed by atoms with Crippen LogP contribution in [0.25, 0.3) is 10.9 Å². The van der Waals surface area contributed by atoms with Gasteiger partial charge in [0.15, 0.2) is 0 Å². The summed E-state index contributed by atoms with van der Waals surface area (Å²) in [6.07, 6.45) is 1.66.